The molecule has 2 heterocycles. The van der Waals surface area contributed by atoms with Crippen LogP contribution in [0.2, 0.25) is 0 Å². The molecule has 22 heavy (non-hydrogen) atoms. The van der Waals surface area contributed by atoms with Crippen molar-refractivity contribution in [2.45, 2.75) is 33.2 Å². The van der Waals surface area contributed by atoms with Gasteiger partial charge in [-0.25, -0.2) is 0 Å². The van der Waals surface area contributed by atoms with Crippen molar-refractivity contribution in [3.8, 4) is 0 Å². The van der Waals surface area contributed by atoms with Crippen LogP contribution < -0.4 is 0 Å². The van der Waals surface area contributed by atoms with E-state index in [1.807, 2.05) is 55.9 Å². The van der Waals surface area contributed by atoms with Gasteiger partial charge < -0.3 is 4.90 Å². The van der Waals surface area contributed by atoms with E-state index < -0.39 is 0 Å². The Kier molecular flexibility index (Phi) is 3.55. The Morgan fingerprint density at radius 3 is 2.64 bits per heavy atom. The molecule has 1 aliphatic rings. The van der Waals surface area contributed by atoms with Crippen LogP contribution in [0.3, 0.4) is 0 Å². The molecule has 4 nitrogen and oxygen atoms in total. The molecule has 0 saturated heterocycles. The standard InChI is InChI=1S/C18H23N3O/c1-18(2,3)17(22)21-11-13-7-5-6-8-15(13)16(12-21)14-9-19-20(4)10-14/h5-10,16H,11-12H2,1-4H3/t16-/m1/s1. The molecule has 0 saturated carbocycles. The number of hydrogen-bond acceptors (Lipinski definition) is 2. The fourth-order valence-electron chi connectivity index (χ4n) is 3.14. The van der Waals surface area contributed by atoms with E-state index >= 15 is 0 Å². The summed E-state index contributed by atoms with van der Waals surface area (Å²) in [5, 5.41) is 4.30. The Balaban J connectivity index is 2.00. The molecule has 2 aromatic rings. The number of carbonyl (C=O) groups is 1. The predicted octanol–water partition coefficient (Wildman–Crippen LogP) is 2.94. The lowest BCUT2D eigenvalue weighted by atomic mass is 9.84. The number of benzene rings is 1. The molecule has 0 fully saturated rings. The van der Waals surface area contributed by atoms with Gasteiger partial charge in [-0.3, -0.25) is 9.48 Å². The lowest BCUT2D eigenvalue weighted by Gasteiger charge is -2.37. The highest BCUT2D eigenvalue weighted by Gasteiger charge is 2.34. The van der Waals surface area contributed by atoms with Crippen molar-refractivity contribution in [1.82, 2.24) is 14.7 Å². The number of hydrogen-bond donors (Lipinski definition) is 0. The van der Waals surface area contributed by atoms with Crippen LogP contribution in [-0.2, 0) is 18.4 Å². The fourth-order valence-corrected chi connectivity index (χ4v) is 3.14. The third-order valence-electron chi connectivity index (χ3n) is 4.25. The minimum absolute atomic E-state index is 0.199. The number of rotatable bonds is 1. The van der Waals surface area contributed by atoms with Crippen LogP contribution in [-0.4, -0.2) is 27.1 Å². The molecule has 4 heteroatoms. The van der Waals surface area contributed by atoms with Crippen LogP contribution in [0.4, 0.5) is 0 Å². The quantitative estimate of drug-likeness (QED) is 0.811. The monoisotopic (exact) mass is 297 g/mol. The molecule has 116 valence electrons. The first-order valence-electron chi connectivity index (χ1n) is 7.72. The molecule has 1 aromatic heterocycles. The highest BCUT2D eigenvalue weighted by atomic mass is 16.2. The van der Waals surface area contributed by atoms with Crippen molar-refractivity contribution in [3.05, 3.63) is 53.3 Å². The van der Waals surface area contributed by atoms with Gasteiger partial charge in [0.05, 0.1) is 6.20 Å². The summed E-state index contributed by atoms with van der Waals surface area (Å²) < 4.78 is 1.82. The maximum absolute atomic E-state index is 12.7. The first-order chi connectivity index (χ1) is 10.4. The van der Waals surface area contributed by atoms with Gasteiger partial charge in [-0.15, -0.1) is 0 Å². The average molecular weight is 297 g/mol. The summed E-state index contributed by atoms with van der Waals surface area (Å²) in [5.41, 5.74) is 3.36. The second-order valence-corrected chi connectivity index (χ2v) is 7.13. The number of nitrogens with zero attached hydrogens (tertiary/aromatic N) is 3. The number of amides is 1. The van der Waals surface area contributed by atoms with E-state index in [-0.39, 0.29) is 17.2 Å². The number of carbonyl (C=O) groups excluding carboxylic acids is 1. The van der Waals surface area contributed by atoms with Crippen molar-refractivity contribution in [2.75, 3.05) is 6.54 Å². The van der Waals surface area contributed by atoms with Gasteiger partial charge in [0.1, 0.15) is 0 Å². The summed E-state index contributed by atoms with van der Waals surface area (Å²) in [6.07, 6.45) is 3.96. The van der Waals surface area contributed by atoms with Crippen LogP contribution in [0.5, 0.6) is 0 Å². The topological polar surface area (TPSA) is 38.1 Å². The normalized spacial score (nSPS) is 18.2. The summed E-state index contributed by atoms with van der Waals surface area (Å²) in [7, 11) is 1.93. The van der Waals surface area contributed by atoms with Gasteiger partial charge in [0.25, 0.3) is 0 Å². The molecule has 0 N–H and O–H groups in total. The van der Waals surface area contributed by atoms with Crippen LogP contribution in [0.1, 0.15) is 43.4 Å². The maximum Gasteiger partial charge on any atom is 0.228 e. The van der Waals surface area contributed by atoms with Gasteiger partial charge in [0.15, 0.2) is 0 Å². The average Bonchev–Trinajstić information content (AvgIpc) is 2.90. The lowest BCUT2D eigenvalue weighted by molar-refractivity contribution is -0.140. The van der Waals surface area contributed by atoms with E-state index in [0.717, 1.165) is 6.54 Å². The molecule has 1 amide bonds. The largest absolute Gasteiger partial charge is 0.337 e. The third-order valence-corrected chi connectivity index (χ3v) is 4.25. The highest BCUT2D eigenvalue weighted by molar-refractivity contribution is 5.82. The SMILES string of the molecule is Cn1cc([C@H]2CN(C(=O)C(C)(C)C)Cc3ccccc32)cn1. The van der Waals surface area contributed by atoms with Gasteiger partial charge in [-0.05, 0) is 16.7 Å². The first-order valence-corrected chi connectivity index (χ1v) is 7.72. The molecule has 1 aromatic carbocycles. The zero-order valence-corrected chi connectivity index (χ0v) is 13.7. The van der Waals surface area contributed by atoms with Gasteiger partial charge in [-0.1, -0.05) is 45.0 Å². The van der Waals surface area contributed by atoms with Crippen molar-refractivity contribution < 1.29 is 4.79 Å². The summed E-state index contributed by atoms with van der Waals surface area (Å²) in [6, 6.07) is 8.42. The molecule has 1 aliphatic heterocycles. The van der Waals surface area contributed by atoms with E-state index in [0.29, 0.717) is 6.54 Å². The van der Waals surface area contributed by atoms with E-state index in [9.17, 15) is 4.79 Å². The summed E-state index contributed by atoms with van der Waals surface area (Å²) in [5.74, 6) is 0.404. The number of aryl methyl sites for hydroxylation is 1. The van der Waals surface area contributed by atoms with E-state index in [2.05, 4.69) is 23.3 Å². The summed E-state index contributed by atoms with van der Waals surface area (Å²) in [4.78, 5) is 14.7. The van der Waals surface area contributed by atoms with E-state index in [1.54, 1.807) is 0 Å². The summed E-state index contributed by atoms with van der Waals surface area (Å²) in [6.45, 7) is 7.36. The van der Waals surface area contributed by atoms with Crippen molar-refractivity contribution in [1.29, 1.82) is 0 Å². The van der Waals surface area contributed by atoms with Crippen molar-refractivity contribution in [3.63, 3.8) is 0 Å². The molecule has 0 unspecified atom stereocenters. The highest BCUT2D eigenvalue weighted by Crippen LogP contribution is 2.34. The van der Waals surface area contributed by atoms with Crippen LogP contribution >= 0.6 is 0 Å². The van der Waals surface area contributed by atoms with Gasteiger partial charge >= 0.3 is 0 Å². The zero-order chi connectivity index (χ0) is 15.9. The van der Waals surface area contributed by atoms with Gasteiger partial charge in [0.2, 0.25) is 5.91 Å². The van der Waals surface area contributed by atoms with Gasteiger partial charge in [-0.2, -0.15) is 5.10 Å². The minimum atomic E-state index is -0.355. The van der Waals surface area contributed by atoms with E-state index in [1.165, 1.54) is 16.7 Å². The Labute approximate surface area is 131 Å². The van der Waals surface area contributed by atoms with E-state index in [4.69, 9.17) is 0 Å². The molecular formula is C18H23N3O. The third kappa shape index (κ3) is 2.65. The molecule has 1 atom stereocenters. The number of aromatic nitrogens is 2. The molecule has 0 bridgehead atoms. The second-order valence-electron chi connectivity index (χ2n) is 7.13. The van der Waals surface area contributed by atoms with Crippen molar-refractivity contribution in [2.24, 2.45) is 12.5 Å². The second kappa shape index (κ2) is 5.27. The lowest BCUT2D eigenvalue weighted by Crippen LogP contribution is -2.44. The van der Waals surface area contributed by atoms with Crippen LogP contribution in [0.25, 0.3) is 0 Å². The Hall–Kier alpha value is -2.10. The molecule has 0 spiro atoms. The maximum atomic E-state index is 12.7. The predicted molar refractivity (Wildman–Crippen MR) is 86.4 cm³/mol. The van der Waals surface area contributed by atoms with Crippen LogP contribution in [0.15, 0.2) is 36.7 Å². The molecule has 0 radical (unpaired) electrons. The Morgan fingerprint density at radius 2 is 2.00 bits per heavy atom. The Bertz CT molecular complexity index is 696. The number of fused-ring (bicyclic) bond motifs is 1. The van der Waals surface area contributed by atoms with Gasteiger partial charge in [0, 0.05) is 37.7 Å². The molecule has 3 rings (SSSR count). The molecular weight excluding hydrogens is 274 g/mol. The zero-order valence-electron chi connectivity index (χ0n) is 13.7. The van der Waals surface area contributed by atoms with Crippen molar-refractivity contribution >= 4 is 5.91 Å². The van der Waals surface area contributed by atoms with Crippen LogP contribution in [0, 0.1) is 5.41 Å². The minimum Gasteiger partial charge on any atom is -0.337 e. The molecule has 0 aliphatic carbocycles. The fraction of sp³-hybridized carbons (Fsp3) is 0.444. The summed E-state index contributed by atoms with van der Waals surface area (Å²) >= 11 is 0. The first kappa shape index (κ1) is 14.8. The Morgan fingerprint density at radius 1 is 1.27 bits per heavy atom. The smallest absolute Gasteiger partial charge is 0.228 e.